The lowest BCUT2D eigenvalue weighted by Gasteiger charge is -2.12. The quantitative estimate of drug-likeness (QED) is 0.521. The molecule has 0 atom stereocenters. The maximum Gasteiger partial charge on any atom is 0.302 e. The molecular formula is C21H20N2O4. The van der Waals surface area contributed by atoms with Gasteiger partial charge in [0.05, 0.1) is 36.1 Å². The first kappa shape index (κ1) is 17.3. The van der Waals surface area contributed by atoms with E-state index in [-0.39, 0.29) is 12.2 Å². The van der Waals surface area contributed by atoms with Crippen LogP contribution in [0.5, 0.6) is 5.75 Å². The number of fused-ring (bicyclic) bond motifs is 4. The van der Waals surface area contributed by atoms with Crippen LogP contribution in [0.1, 0.15) is 30.5 Å². The Hall–Kier alpha value is -3.15. The molecule has 1 aromatic carbocycles. The van der Waals surface area contributed by atoms with Gasteiger partial charge in [-0.25, -0.2) is 4.98 Å². The number of nitrogens with zero attached hydrogens (tertiary/aromatic N) is 2. The number of methoxy groups -OCH3 is 1. The Morgan fingerprint density at radius 2 is 2.04 bits per heavy atom. The van der Waals surface area contributed by atoms with Gasteiger partial charge >= 0.3 is 5.97 Å². The molecule has 0 N–H and O–H groups in total. The van der Waals surface area contributed by atoms with Crippen LogP contribution in [0.3, 0.4) is 0 Å². The number of carbonyl (C=O) groups is 1. The summed E-state index contributed by atoms with van der Waals surface area (Å²) in [6.07, 6.45) is 0.853. The van der Waals surface area contributed by atoms with Crippen molar-refractivity contribution in [3.05, 3.63) is 57.4 Å². The summed E-state index contributed by atoms with van der Waals surface area (Å²) in [5, 5.41) is 1.12. The van der Waals surface area contributed by atoms with Crippen LogP contribution in [-0.4, -0.2) is 22.6 Å². The number of carbonyl (C=O) groups excluding carboxylic acids is 1. The van der Waals surface area contributed by atoms with Crippen molar-refractivity contribution in [1.82, 2.24) is 9.55 Å². The van der Waals surface area contributed by atoms with E-state index in [1.807, 2.05) is 24.3 Å². The molecule has 6 heteroatoms. The normalized spacial score (nSPS) is 12.0. The largest absolute Gasteiger partial charge is 0.496 e. The smallest absolute Gasteiger partial charge is 0.302 e. The number of ether oxygens (including phenoxy) is 2. The van der Waals surface area contributed by atoms with Crippen molar-refractivity contribution < 1.29 is 14.3 Å². The summed E-state index contributed by atoms with van der Waals surface area (Å²) in [4.78, 5) is 29.1. The Labute approximate surface area is 156 Å². The molecule has 4 rings (SSSR count). The third-order valence-corrected chi connectivity index (χ3v) is 5.02. The molecule has 27 heavy (non-hydrogen) atoms. The number of aromatic nitrogens is 2. The Kier molecular flexibility index (Phi) is 4.18. The fraction of sp³-hybridized carbons (Fsp3) is 0.286. The third-order valence-electron chi connectivity index (χ3n) is 5.02. The van der Waals surface area contributed by atoms with Gasteiger partial charge in [-0.2, -0.15) is 0 Å². The van der Waals surface area contributed by atoms with E-state index in [1.54, 1.807) is 4.57 Å². The van der Waals surface area contributed by atoms with Crippen LogP contribution in [0.2, 0.25) is 0 Å². The minimum absolute atomic E-state index is 0.107. The van der Waals surface area contributed by atoms with E-state index < -0.39 is 5.97 Å². The minimum Gasteiger partial charge on any atom is -0.496 e. The summed E-state index contributed by atoms with van der Waals surface area (Å²) in [6.45, 7) is 3.78. The molecular weight excluding hydrogens is 344 g/mol. The molecule has 0 saturated heterocycles. The molecule has 3 heterocycles. The molecule has 0 unspecified atom stereocenters. The van der Waals surface area contributed by atoms with Crippen LogP contribution >= 0.6 is 0 Å². The van der Waals surface area contributed by atoms with E-state index in [9.17, 15) is 9.59 Å². The highest BCUT2D eigenvalue weighted by Gasteiger charge is 2.28. The standard InChI is InChI=1S/C21H20N2O4/c1-4-13-14-7-5-6-8-17(14)22-20-15(13)10-23-18(20)9-19(26-3)16(21(23)25)11-27-12(2)24/h5-9H,4,10-11H2,1-3H3. The Bertz CT molecular complexity index is 1130. The second-order valence-electron chi connectivity index (χ2n) is 6.54. The SMILES string of the molecule is CCc1c2c(nc3ccccc13)-c1cc(OC)c(COC(C)=O)c(=O)n1C2. The van der Waals surface area contributed by atoms with E-state index in [4.69, 9.17) is 14.5 Å². The molecule has 0 radical (unpaired) electrons. The van der Waals surface area contributed by atoms with Gasteiger partial charge in [0.2, 0.25) is 0 Å². The second-order valence-corrected chi connectivity index (χ2v) is 6.54. The van der Waals surface area contributed by atoms with Gasteiger partial charge < -0.3 is 14.0 Å². The highest BCUT2D eigenvalue weighted by Crippen LogP contribution is 2.37. The van der Waals surface area contributed by atoms with E-state index in [0.29, 0.717) is 17.9 Å². The summed E-state index contributed by atoms with van der Waals surface area (Å²) in [6, 6.07) is 9.84. The zero-order valence-corrected chi connectivity index (χ0v) is 15.5. The number of aryl methyl sites for hydroxylation is 1. The van der Waals surface area contributed by atoms with Crippen molar-refractivity contribution >= 4 is 16.9 Å². The molecule has 0 bridgehead atoms. The average molecular weight is 364 g/mol. The number of hydrogen-bond donors (Lipinski definition) is 0. The number of para-hydroxylation sites is 1. The average Bonchev–Trinajstić information content (AvgIpc) is 3.03. The van der Waals surface area contributed by atoms with Gasteiger partial charge in [-0.15, -0.1) is 0 Å². The Balaban J connectivity index is 1.95. The second kappa shape index (κ2) is 6.54. The number of esters is 1. The van der Waals surface area contributed by atoms with E-state index in [0.717, 1.165) is 34.3 Å². The number of hydrogen-bond acceptors (Lipinski definition) is 5. The van der Waals surface area contributed by atoms with Crippen LogP contribution in [0.15, 0.2) is 35.1 Å². The molecule has 3 aromatic rings. The molecule has 0 amide bonds. The molecule has 0 saturated carbocycles. The van der Waals surface area contributed by atoms with E-state index in [2.05, 4.69) is 13.0 Å². The van der Waals surface area contributed by atoms with Gasteiger partial charge in [0.25, 0.3) is 5.56 Å². The van der Waals surface area contributed by atoms with Gasteiger partial charge in [-0.3, -0.25) is 9.59 Å². The predicted octanol–water partition coefficient (Wildman–Crippen LogP) is 3.06. The molecule has 1 aliphatic rings. The first-order valence-corrected chi connectivity index (χ1v) is 8.90. The highest BCUT2D eigenvalue weighted by atomic mass is 16.5. The zero-order valence-electron chi connectivity index (χ0n) is 15.5. The maximum absolute atomic E-state index is 13.1. The van der Waals surface area contributed by atoms with Gasteiger partial charge in [0.1, 0.15) is 12.4 Å². The van der Waals surface area contributed by atoms with Crippen molar-refractivity contribution in [3.8, 4) is 17.1 Å². The Morgan fingerprint density at radius 1 is 1.26 bits per heavy atom. The lowest BCUT2D eigenvalue weighted by molar-refractivity contribution is -0.142. The maximum atomic E-state index is 13.1. The van der Waals surface area contributed by atoms with Gasteiger partial charge in [0.15, 0.2) is 0 Å². The summed E-state index contributed by atoms with van der Waals surface area (Å²) in [7, 11) is 1.50. The lowest BCUT2D eigenvalue weighted by atomic mass is 9.99. The monoisotopic (exact) mass is 364 g/mol. The topological polar surface area (TPSA) is 70.4 Å². The third kappa shape index (κ3) is 2.68. The van der Waals surface area contributed by atoms with Gasteiger partial charge in [-0.05, 0) is 18.1 Å². The van der Waals surface area contributed by atoms with Crippen molar-refractivity contribution in [2.75, 3.05) is 7.11 Å². The molecule has 0 spiro atoms. The van der Waals surface area contributed by atoms with Crippen LogP contribution in [0.4, 0.5) is 0 Å². The molecule has 6 nitrogen and oxygen atoms in total. The number of benzene rings is 1. The summed E-state index contributed by atoms with van der Waals surface area (Å²) < 4.78 is 12.2. The van der Waals surface area contributed by atoms with Crippen LogP contribution in [-0.2, 0) is 29.1 Å². The Morgan fingerprint density at radius 3 is 2.74 bits per heavy atom. The van der Waals surface area contributed by atoms with Gasteiger partial charge in [0, 0.05) is 23.9 Å². The first-order valence-electron chi connectivity index (χ1n) is 8.90. The predicted molar refractivity (Wildman–Crippen MR) is 102 cm³/mol. The van der Waals surface area contributed by atoms with Crippen LogP contribution < -0.4 is 10.3 Å². The fourth-order valence-electron chi connectivity index (χ4n) is 3.77. The van der Waals surface area contributed by atoms with Gasteiger partial charge in [-0.1, -0.05) is 25.1 Å². The van der Waals surface area contributed by atoms with Crippen molar-refractivity contribution in [2.45, 2.75) is 33.4 Å². The molecule has 138 valence electrons. The molecule has 1 aliphatic heterocycles. The van der Waals surface area contributed by atoms with Crippen molar-refractivity contribution in [3.63, 3.8) is 0 Å². The van der Waals surface area contributed by atoms with Crippen molar-refractivity contribution in [1.29, 1.82) is 0 Å². The molecule has 2 aromatic heterocycles. The minimum atomic E-state index is -0.438. The molecule has 0 aliphatic carbocycles. The van der Waals surface area contributed by atoms with E-state index >= 15 is 0 Å². The van der Waals surface area contributed by atoms with E-state index in [1.165, 1.54) is 19.6 Å². The summed E-state index contributed by atoms with van der Waals surface area (Å²) in [5.74, 6) is -0.0280. The summed E-state index contributed by atoms with van der Waals surface area (Å²) in [5.41, 5.74) is 4.87. The summed E-state index contributed by atoms with van der Waals surface area (Å²) >= 11 is 0. The van der Waals surface area contributed by atoms with Crippen molar-refractivity contribution in [2.24, 2.45) is 0 Å². The van der Waals surface area contributed by atoms with Crippen LogP contribution in [0, 0.1) is 0 Å². The lowest BCUT2D eigenvalue weighted by Crippen LogP contribution is -2.24. The highest BCUT2D eigenvalue weighted by molar-refractivity contribution is 5.88. The first-order chi connectivity index (χ1) is 13.0. The zero-order chi connectivity index (χ0) is 19.1. The van der Waals surface area contributed by atoms with Crippen LogP contribution in [0.25, 0.3) is 22.3 Å². The number of rotatable bonds is 4. The number of pyridine rings is 2. The molecule has 0 fully saturated rings. The fourth-order valence-corrected chi connectivity index (χ4v) is 3.77.